The van der Waals surface area contributed by atoms with E-state index in [0.717, 1.165) is 6.08 Å². The van der Waals surface area contributed by atoms with Gasteiger partial charge in [-0.2, -0.15) is 5.26 Å². The van der Waals surface area contributed by atoms with Gasteiger partial charge < -0.3 is 9.84 Å². The van der Waals surface area contributed by atoms with Crippen molar-refractivity contribution in [3.63, 3.8) is 0 Å². The van der Waals surface area contributed by atoms with Crippen molar-refractivity contribution in [2.24, 2.45) is 0 Å². The van der Waals surface area contributed by atoms with Crippen molar-refractivity contribution in [2.45, 2.75) is 6.92 Å². The first kappa shape index (κ1) is 13.5. The molecule has 1 N–H and O–H groups in total. The standard InChI is InChI=1S/C13H11NO4/c1-2-18-13(17)12(16)7-11(15)10-5-3-9(8-14)4-6-10/h3-7,15H,2H2,1H3/b11-7-. The zero-order valence-electron chi connectivity index (χ0n) is 9.71. The lowest BCUT2D eigenvalue weighted by molar-refractivity contribution is -0.151. The third-order valence-corrected chi connectivity index (χ3v) is 2.05. The number of ether oxygens (including phenoxy) is 1. The van der Waals surface area contributed by atoms with Crippen molar-refractivity contribution in [2.75, 3.05) is 6.61 Å². The number of carbonyl (C=O) groups excluding carboxylic acids is 2. The van der Waals surface area contributed by atoms with Gasteiger partial charge in [-0.25, -0.2) is 4.79 Å². The predicted octanol–water partition coefficient (Wildman–Crippen LogP) is 1.59. The van der Waals surface area contributed by atoms with Gasteiger partial charge in [-0.05, 0) is 31.2 Å². The Balaban J connectivity index is 2.86. The van der Waals surface area contributed by atoms with Crippen molar-refractivity contribution in [3.05, 3.63) is 41.5 Å². The molecule has 1 aromatic carbocycles. The molecular weight excluding hydrogens is 234 g/mol. The van der Waals surface area contributed by atoms with Gasteiger partial charge in [-0.15, -0.1) is 0 Å². The van der Waals surface area contributed by atoms with Crippen LogP contribution in [0.25, 0.3) is 5.76 Å². The predicted molar refractivity (Wildman–Crippen MR) is 63.4 cm³/mol. The van der Waals surface area contributed by atoms with Crippen molar-refractivity contribution in [1.29, 1.82) is 5.26 Å². The van der Waals surface area contributed by atoms with Crippen molar-refractivity contribution < 1.29 is 19.4 Å². The quantitative estimate of drug-likeness (QED) is 0.376. The third kappa shape index (κ3) is 3.46. The minimum absolute atomic E-state index is 0.0933. The van der Waals surface area contributed by atoms with Gasteiger partial charge in [0.05, 0.1) is 18.2 Å². The number of nitrogens with zero attached hydrogens (tertiary/aromatic N) is 1. The van der Waals surface area contributed by atoms with Gasteiger partial charge in [0.1, 0.15) is 5.76 Å². The van der Waals surface area contributed by atoms with Crippen LogP contribution in [0.15, 0.2) is 30.3 Å². The van der Waals surface area contributed by atoms with Crippen LogP contribution in [0.3, 0.4) is 0 Å². The Hall–Kier alpha value is -2.61. The van der Waals surface area contributed by atoms with Crippen LogP contribution in [0.2, 0.25) is 0 Å². The Morgan fingerprint density at radius 3 is 2.50 bits per heavy atom. The highest BCUT2D eigenvalue weighted by atomic mass is 16.5. The lowest BCUT2D eigenvalue weighted by Gasteiger charge is -2.00. The van der Waals surface area contributed by atoms with Crippen LogP contribution >= 0.6 is 0 Å². The molecule has 0 aliphatic rings. The summed E-state index contributed by atoms with van der Waals surface area (Å²) < 4.78 is 4.49. The summed E-state index contributed by atoms with van der Waals surface area (Å²) in [5.41, 5.74) is 0.773. The summed E-state index contributed by atoms with van der Waals surface area (Å²) in [6.45, 7) is 1.67. The van der Waals surface area contributed by atoms with Crippen LogP contribution < -0.4 is 0 Å². The van der Waals surface area contributed by atoms with E-state index < -0.39 is 11.8 Å². The fourth-order valence-electron chi connectivity index (χ4n) is 1.18. The summed E-state index contributed by atoms with van der Waals surface area (Å²) in [5, 5.41) is 18.2. The maximum Gasteiger partial charge on any atom is 0.379 e. The second-order valence-corrected chi connectivity index (χ2v) is 3.30. The summed E-state index contributed by atoms with van der Waals surface area (Å²) >= 11 is 0. The first-order valence-electron chi connectivity index (χ1n) is 5.20. The van der Waals surface area contributed by atoms with Crippen LogP contribution in [0.5, 0.6) is 0 Å². The topological polar surface area (TPSA) is 87.4 Å². The van der Waals surface area contributed by atoms with E-state index >= 15 is 0 Å². The molecule has 0 radical (unpaired) electrons. The molecule has 0 aliphatic carbocycles. The Morgan fingerprint density at radius 2 is 2.00 bits per heavy atom. The molecule has 0 heterocycles. The van der Waals surface area contributed by atoms with E-state index in [1.807, 2.05) is 6.07 Å². The number of hydrogen-bond acceptors (Lipinski definition) is 5. The number of aliphatic hydroxyl groups is 1. The van der Waals surface area contributed by atoms with Crippen LogP contribution in [0.4, 0.5) is 0 Å². The number of carbonyl (C=O) groups is 2. The van der Waals surface area contributed by atoms with E-state index in [9.17, 15) is 14.7 Å². The van der Waals surface area contributed by atoms with Crippen LogP contribution in [0.1, 0.15) is 18.1 Å². The summed E-state index contributed by atoms with van der Waals surface area (Å²) in [6, 6.07) is 7.87. The summed E-state index contributed by atoms with van der Waals surface area (Å²) in [4.78, 5) is 22.3. The number of aliphatic hydroxyl groups excluding tert-OH is 1. The molecule has 5 nitrogen and oxygen atoms in total. The minimum Gasteiger partial charge on any atom is -0.507 e. The molecule has 0 fully saturated rings. The van der Waals surface area contributed by atoms with E-state index in [0.29, 0.717) is 11.1 Å². The van der Waals surface area contributed by atoms with Gasteiger partial charge in [0.15, 0.2) is 0 Å². The van der Waals surface area contributed by atoms with E-state index in [1.165, 1.54) is 24.3 Å². The van der Waals surface area contributed by atoms with Crippen LogP contribution in [-0.2, 0) is 14.3 Å². The van der Waals surface area contributed by atoms with Gasteiger partial charge in [0, 0.05) is 11.6 Å². The fraction of sp³-hybridized carbons (Fsp3) is 0.154. The number of nitriles is 1. The van der Waals surface area contributed by atoms with E-state index in [2.05, 4.69) is 4.74 Å². The molecule has 92 valence electrons. The molecular formula is C13H11NO4. The molecule has 0 aromatic heterocycles. The van der Waals surface area contributed by atoms with E-state index in [4.69, 9.17) is 5.26 Å². The Morgan fingerprint density at radius 1 is 1.39 bits per heavy atom. The van der Waals surface area contributed by atoms with Crippen LogP contribution in [0, 0.1) is 11.3 Å². The molecule has 5 heteroatoms. The zero-order chi connectivity index (χ0) is 13.5. The number of esters is 1. The summed E-state index contributed by atoms with van der Waals surface area (Å²) in [6.07, 6.45) is 0.791. The Kier molecular flexibility index (Phi) is 4.64. The van der Waals surface area contributed by atoms with Crippen molar-refractivity contribution in [3.8, 4) is 6.07 Å². The minimum atomic E-state index is -1.02. The molecule has 0 bridgehead atoms. The lowest BCUT2D eigenvalue weighted by Crippen LogP contribution is -2.15. The van der Waals surface area contributed by atoms with Gasteiger partial charge in [0.25, 0.3) is 5.78 Å². The summed E-state index contributed by atoms with van der Waals surface area (Å²) in [5.74, 6) is -2.30. The Labute approximate surface area is 104 Å². The fourth-order valence-corrected chi connectivity index (χ4v) is 1.18. The molecule has 0 saturated carbocycles. The average Bonchev–Trinajstić information content (AvgIpc) is 2.39. The van der Waals surface area contributed by atoms with Gasteiger partial charge in [-0.3, -0.25) is 4.79 Å². The molecule has 0 spiro atoms. The maximum atomic E-state index is 11.3. The monoisotopic (exact) mass is 245 g/mol. The van der Waals surface area contributed by atoms with Crippen molar-refractivity contribution >= 4 is 17.5 Å². The molecule has 0 unspecified atom stereocenters. The molecule has 18 heavy (non-hydrogen) atoms. The molecule has 0 atom stereocenters. The Bertz CT molecular complexity index is 523. The first-order valence-corrected chi connectivity index (χ1v) is 5.20. The normalized spacial score (nSPS) is 10.6. The maximum absolute atomic E-state index is 11.3. The third-order valence-electron chi connectivity index (χ3n) is 2.05. The van der Waals surface area contributed by atoms with E-state index in [1.54, 1.807) is 6.92 Å². The largest absolute Gasteiger partial charge is 0.507 e. The van der Waals surface area contributed by atoms with Gasteiger partial charge >= 0.3 is 5.97 Å². The first-order chi connectivity index (χ1) is 8.58. The molecule has 0 saturated heterocycles. The lowest BCUT2D eigenvalue weighted by atomic mass is 10.1. The number of hydrogen-bond donors (Lipinski definition) is 1. The number of ketones is 1. The highest BCUT2D eigenvalue weighted by Gasteiger charge is 2.13. The molecule has 1 rings (SSSR count). The van der Waals surface area contributed by atoms with Crippen molar-refractivity contribution in [1.82, 2.24) is 0 Å². The molecule has 0 amide bonds. The highest BCUT2D eigenvalue weighted by Crippen LogP contribution is 2.12. The van der Waals surface area contributed by atoms with Crippen LogP contribution in [-0.4, -0.2) is 23.5 Å². The zero-order valence-corrected chi connectivity index (χ0v) is 9.71. The average molecular weight is 245 g/mol. The second kappa shape index (κ2) is 6.21. The second-order valence-electron chi connectivity index (χ2n) is 3.30. The summed E-state index contributed by atoms with van der Waals surface area (Å²) in [7, 11) is 0. The SMILES string of the molecule is CCOC(=O)C(=O)/C=C(\O)c1ccc(C#N)cc1. The van der Waals surface area contributed by atoms with E-state index in [-0.39, 0.29) is 12.4 Å². The molecule has 1 aromatic rings. The van der Waals surface area contributed by atoms with Gasteiger partial charge in [-0.1, -0.05) is 0 Å². The number of benzene rings is 1. The smallest absolute Gasteiger partial charge is 0.379 e. The van der Waals surface area contributed by atoms with Gasteiger partial charge in [0.2, 0.25) is 0 Å². The number of rotatable bonds is 4. The molecule has 0 aliphatic heterocycles. The highest BCUT2D eigenvalue weighted by molar-refractivity contribution is 6.39.